The van der Waals surface area contributed by atoms with E-state index in [9.17, 15) is 18.0 Å². The predicted octanol–water partition coefficient (Wildman–Crippen LogP) is 4.01. The van der Waals surface area contributed by atoms with Crippen LogP contribution in [-0.2, 0) is 18.0 Å². The van der Waals surface area contributed by atoms with Crippen molar-refractivity contribution >= 4 is 22.6 Å². The molecule has 0 aliphatic carbocycles. The number of rotatable bonds is 4. The Kier molecular flexibility index (Phi) is 5.01. The van der Waals surface area contributed by atoms with Crippen molar-refractivity contribution < 1.29 is 22.7 Å². The lowest BCUT2D eigenvalue weighted by atomic mass is 10.1. The molecule has 1 amide bonds. The maximum atomic E-state index is 13.5. The minimum atomic E-state index is -4.61. The average molecular weight is 392 g/mol. The van der Waals surface area contributed by atoms with Crippen LogP contribution < -0.4 is 10.1 Å². The molecule has 0 unspecified atom stereocenters. The third-order valence-corrected chi connectivity index (χ3v) is 4.24. The molecule has 3 aromatic rings. The van der Waals surface area contributed by atoms with E-state index in [1.165, 1.54) is 25.6 Å². The van der Waals surface area contributed by atoms with Crippen LogP contribution in [0.3, 0.4) is 0 Å². The molecule has 1 atom stereocenters. The number of nitrogens with one attached hydrogen (secondary N) is 1. The van der Waals surface area contributed by atoms with Crippen molar-refractivity contribution in [1.82, 2.24) is 14.8 Å². The number of amides is 1. The molecule has 2 heterocycles. The Morgan fingerprint density at radius 2 is 1.86 bits per heavy atom. The van der Waals surface area contributed by atoms with Crippen molar-refractivity contribution in [2.24, 2.45) is 7.05 Å². The number of carbonyl (C=O) groups is 1. The van der Waals surface area contributed by atoms with Crippen molar-refractivity contribution in [3.63, 3.8) is 0 Å². The van der Waals surface area contributed by atoms with Crippen molar-refractivity contribution in [1.29, 1.82) is 0 Å². The SMILES string of the molecule is Cc1ccc(NC(=O)[C@@H](C)Oc2cc(C(F)(F)F)c3c(C)nn(C)c3n2)cc1. The second-order valence-electron chi connectivity index (χ2n) is 6.53. The summed E-state index contributed by atoms with van der Waals surface area (Å²) in [7, 11) is 1.50. The number of carbonyl (C=O) groups excluding carboxylic acids is 1. The first-order valence-corrected chi connectivity index (χ1v) is 8.52. The number of alkyl halides is 3. The molecule has 0 saturated heterocycles. The van der Waals surface area contributed by atoms with E-state index in [1.807, 2.05) is 19.1 Å². The maximum absolute atomic E-state index is 13.5. The summed E-state index contributed by atoms with van der Waals surface area (Å²) in [6, 6.07) is 7.91. The number of pyridine rings is 1. The monoisotopic (exact) mass is 392 g/mol. The molecule has 28 heavy (non-hydrogen) atoms. The van der Waals surface area contributed by atoms with Crippen molar-refractivity contribution in [3.8, 4) is 5.88 Å². The molecule has 0 saturated carbocycles. The molecule has 1 aromatic carbocycles. The van der Waals surface area contributed by atoms with E-state index in [2.05, 4.69) is 15.4 Å². The molecule has 2 aromatic heterocycles. The normalized spacial score (nSPS) is 12.8. The van der Waals surface area contributed by atoms with Gasteiger partial charge in [0, 0.05) is 18.8 Å². The Balaban J connectivity index is 1.88. The number of aryl methyl sites for hydroxylation is 3. The van der Waals surface area contributed by atoms with Crippen molar-refractivity contribution in [2.45, 2.75) is 33.1 Å². The molecular formula is C19H19F3N4O2. The van der Waals surface area contributed by atoms with Gasteiger partial charge < -0.3 is 10.1 Å². The van der Waals surface area contributed by atoms with Crippen LogP contribution in [0.4, 0.5) is 18.9 Å². The fraction of sp³-hybridized carbons (Fsp3) is 0.316. The van der Waals surface area contributed by atoms with Gasteiger partial charge in [0.05, 0.1) is 16.6 Å². The van der Waals surface area contributed by atoms with Gasteiger partial charge in [0.25, 0.3) is 5.91 Å². The summed E-state index contributed by atoms with van der Waals surface area (Å²) in [6.07, 6.45) is -5.66. The van der Waals surface area contributed by atoms with Gasteiger partial charge in [-0.05, 0) is 32.9 Å². The summed E-state index contributed by atoms with van der Waals surface area (Å²) in [6.45, 7) is 4.84. The highest BCUT2D eigenvalue weighted by atomic mass is 19.4. The number of halogens is 3. The van der Waals surface area contributed by atoms with E-state index >= 15 is 0 Å². The van der Waals surface area contributed by atoms with Crippen LogP contribution in [0.1, 0.15) is 23.7 Å². The summed E-state index contributed by atoms with van der Waals surface area (Å²) in [5, 5.41) is 6.57. The van der Waals surface area contributed by atoms with E-state index < -0.39 is 23.8 Å². The van der Waals surface area contributed by atoms with Crippen LogP contribution in [-0.4, -0.2) is 26.8 Å². The predicted molar refractivity (Wildman–Crippen MR) is 98.1 cm³/mol. The number of hydrogen-bond acceptors (Lipinski definition) is 4. The number of anilines is 1. The van der Waals surface area contributed by atoms with Gasteiger partial charge in [-0.3, -0.25) is 9.48 Å². The molecule has 6 nitrogen and oxygen atoms in total. The average Bonchev–Trinajstić information content (AvgIpc) is 2.89. The van der Waals surface area contributed by atoms with Gasteiger partial charge in [0.1, 0.15) is 0 Å². The van der Waals surface area contributed by atoms with E-state index in [0.717, 1.165) is 11.6 Å². The van der Waals surface area contributed by atoms with Crippen molar-refractivity contribution in [2.75, 3.05) is 5.32 Å². The quantitative estimate of drug-likeness (QED) is 0.728. The fourth-order valence-corrected chi connectivity index (χ4v) is 2.82. The van der Waals surface area contributed by atoms with Gasteiger partial charge in [-0.1, -0.05) is 17.7 Å². The third-order valence-electron chi connectivity index (χ3n) is 4.24. The van der Waals surface area contributed by atoms with Crippen LogP contribution >= 0.6 is 0 Å². The summed E-state index contributed by atoms with van der Waals surface area (Å²) in [5.41, 5.74) is 0.949. The smallest absolute Gasteiger partial charge is 0.417 e. The topological polar surface area (TPSA) is 69.0 Å². The molecular weight excluding hydrogens is 373 g/mol. The van der Waals surface area contributed by atoms with Crippen LogP contribution in [0.2, 0.25) is 0 Å². The highest BCUT2D eigenvalue weighted by molar-refractivity contribution is 5.94. The first kappa shape index (κ1) is 19.7. The number of aromatic nitrogens is 3. The molecule has 148 valence electrons. The van der Waals surface area contributed by atoms with Gasteiger partial charge in [0.2, 0.25) is 5.88 Å². The molecule has 0 spiro atoms. The van der Waals surface area contributed by atoms with Gasteiger partial charge in [0.15, 0.2) is 11.8 Å². The van der Waals surface area contributed by atoms with Gasteiger partial charge in [-0.25, -0.2) is 0 Å². The van der Waals surface area contributed by atoms with Crippen molar-refractivity contribution in [3.05, 3.63) is 47.2 Å². The number of hydrogen-bond donors (Lipinski definition) is 1. The number of benzene rings is 1. The van der Waals surface area contributed by atoms with Crippen LogP contribution in [0.5, 0.6) is 5.88 Å². The lowest BCUT2D eigenvalue weighted by Gasteiger charge is -2.16. The molecule has 0 aliphatic rings. The van der Waals surface area contributed by atoms with E-state index in [1.54, 1.807) is 12.1 Å². The molecule has 0 radical (unpaired) electrons. The van der Waals surface area contributed by atoms with Gasteiger partial charge in [-0.2, -0.15) is 23.3 Å². The van der Waals surface area contributed by atoms with E-state index in [-0.39, 0.29) is 22.6 Å². The lowest BCUT2D eigenvalue weighted by molar-refractivity contribution is -0.136. The number of ether oxygens (including phenoxy) is 1. The Bertz CT molecular complexity index is 1030. The Labute approximate surface area is 159 Å². The standard InChI is InChI=1S/C19H19F3N4O2/c1-10-5-7-13(8-6-10)23-18(27)12(3)28-15-9-14(19(20,21)22)16-11(2)25-26(4)17(16)24-15/h5-9,12H,1-4H3,(H,23,27)/t12-/m1/s1. The minimum Gasteiger partial charge on any atom is -0.464 e. The van der Waals surface area contributed by atoms with Gasteiger partial charge in [-0.15, -0.1) is 0 Å². The Morgan fingerprint density at radius 3 is 2.46 bits per heavy atom. The maximum Gasteiger partial charge on any atom is 0.417 e. The molecule has 9 heteroatoms. The minimum absolute atomic E-state index is 0.0356. The second-order valence-corrected chi connectivity index (χ2v) is 6.53. The van der Waals surface area contributed by atoms with Gasteiger partial charge >= 0.3 is 6.18 Å². The first-order chi connectivity index (χ1) is 13.1. The largest absolute Gasteiger partial charge is 0.464 e. The molecule has 1 N–H and O–H groups in total. The Hall–Kier alpha value is -3.10. The molecule has 0 aliphatic heterocycles. The highest BCUT2D eigenvalue weighted by Crippen LogP contribution is 2.37. The Morgan fingerprint density at radius 1 is 1.21 bits per heavy atom. The number of fused-ring (bicyclic) bond motifs is 1. The number of nitrogens with zero attached hydrogens (tertiary/aromatic N) is 3. The second kappa shape index (κ2) is 7.14. The van der Waals surface area contributed by atoms with E-state index in [0.29, 0.717) is 5.69 Å². The zero-order chi connectivity index (χ0) is 20.6. The summed E-state index contributed by atoms with van der Waals surface area (Å²) in [4.78, 5) is 16.4. The fourth-order valence-electron chi connectivity index (χ4n) is 2.82. The first-order valence-electron chi connectivity index (χ1n) is 8.52. The van der Waals surface area contributed by atoms with E-state index in [4.69, 9.17) is 4.74 Å². The lowest BCUT2D eigenvalue weighted by Crippen LogP contribution is -2.30. The van der Waals surface area contributed by atoms with Crippen LogP contribution in [0.25, 0.3) is 11.0 Å². The zero-order valence-corrected chi connectivity index (χ0v) is 15.8. The summed E-state index contributed by atoms with van der Waals surface area (Å²) in [5.74, 6) is -0.796. The summed E-state index contributed by atoms with van der Waals surface area (Å²) < 4.78 is 47.2. The highest BCUT2D eigenvalue weighted by Gasteiger charge is 2.36. The third kappa shape index (κ3) is 3.92. The molecule has 0 bridgehead atoms. The van der Waals surface area contributed by atoms with Crippen LogP contribution in [0.15, 0.2) is 30.3 Å². The zero-order valence-electron chi connectivity index (χ0n) is 15.8. The summed E-state index contributed by atoms with van der Waals surface area (Å²) >= 11 is 0. The molecule has 3 rings (SSSR count). The van der Waals surface area contributed by atoms with Crippen LogP contribution in [0, 0.1) is 13.8 Å². The molecule has 0 fully saturated rings.